The third-order valence-corrected chi connectivity index (χ3v) is 12.6. The van der Waals surface area contributed by atoms with Crippen molar-refractivity contribution in [1.29, 1.82) is 0 Å². The number of nitrogens with zero attached hydrogens (tertiary/aromatic N) is 3. The molecule has 9 nitrogen and oxygen atoms in total. The smallest absolute Gasteiger partial charge is 0.417 e. The topological polar surface area (TPSA) is 120 Å². The molecule has 2 N–H and O–H groups in total. The number of likely N-dealkylation sites (tertiary alicyclic amines) is 1. The summed E-state index contributed by atoms with van der Waals surface area (Å²) >= 11 is 12.7. The Hall–Kier alpha value is -5.72. The van der Waals surface area contributed by atoms with Crippen molar-refractivity contribution in [3.63, 3.8) is 0 Å². The predicted octanol–water partition coefficient (Wildman–Crippen LogP) is 8.45. The van der Waals surface area contributed by atoms with E-state index in [1.54, 1.807) is 48.5 Å². The van der Waals surface area contributed by atoms with Crippen LogP contribution in [-0.4, -0.2) is 43.6 Å². The monoisotopic (exact) mass is 810 g/mol. The number of hydrogen-bond acceptors (Lipinski definition) is 7. The highest BCUT2D eigenvalue weighted by atomic mass is 35.5. The number of carbonyl (C=O) groups excluding carboxylic acids is 4. The van der Waals surface area contributed by atoms with Gasteiger partial charge in [-0.3, -0.25) is 29.5 Å². The highest BCUT2D eigenvalue weighted by Gasteiger charge is 2.70. The number of alkyl halides is 3. The van der Waals surface area contributed by atoms with Gasteiger partial charge in [0, 0.05) is 28.1 Å². The molecule has 4 aromatic carbocycles. The molecule has 3 heterocycles. The molecule has 0 unspecified atom stereocenters. The van der Waals surface area contributed by atoms with Crippen LogP contribution in [0.3, 0.4) is 0 Å². The Morgan fingerprint density at radius 2 is 1.58 bits per heavy atom. The lowest BCUT2D eigenvalue weighted by Gasteiger charge is -2.50. The third-order valence-electron chi connectivity index (χ3n) is 12.1. The van der Waals surface area contributed by atoms with Gasteiger partial charge >= 0.3 is 6.18 Å². The number of imide groups is 2. The molecule has 2 aliphatic heterocycles. The molecule has 1 saturated carbocycles. The molecule has 14 heteroatoms. The number of benzene rings is 4. The minimum absolute atomic E-state index is 0.0460. The molecule has 0 spiro atoms. The van der Waals surface area contributed by atoms with Crippen molar-refractivity contribution in [2.24, 2.45) is 23.7 Å². The zero-order valence-electron chi connectivity index (χ0n) is 29.7. The van der Waals surface area contributed by atoms with E-state index in [4.69, 9.17) is 23.2 Å². The van der Waals surface area contributed by atoms with Crippen LogP contribution >= 0.6 is 23.2 Å². The maximum absolute atomic E-state index is 15.5. The number of aromatic nitrogens is 1. The van der Waals surface area contributed by atoms with E-state index in [0.29, 0.717) is 44.8 Å². The number of allylic oxidation sites excluding steroid dienone is 2. The molecule has 4 amide bonds. The van der Waals surface area contributed by atoms with Gasteiger partial charge in [-0.25, -0.2) is 4.98 Å². The van der Waals surface area contributed by atoms with Gasteiger partial charge in [0.15, 0.2) is 5.82 Å². The molecule has 3 fully saturated rings. The number of amides is 4. The maximum atomic E-state index is 15.5. The highest BCUT2D eigenvalue weighted by molar-refractivity contribution is 6.33. The second-order valence-electron chi connectivity index (χ2n) is 14.9. The number of halogens is 5. The van der Waals surface area contributed by atoms with E-state index in [-0.39, 0.29) is 36.9 Å². The van der Waals surface area contributed by atoms with Crippen molar-refractivity contribution < 1.29 is 37.5 Å². The molecule has 0 bridgehead atoms. The van der Waals surface area contributed by atoms with E-state index >= 15 is 4.79 Å². The first-order chi connectivity index (χ1) is 27.3. The summed E-state index contributed by atoms with van der Waals surface area (Å²) in [6.45, 7) is 0.0661. The molecule has 9 rings (SSSR count). The van der Waals surface area contributed by atoms with Crippen LogP contribution in [0.25, 0.3) is 10.8 Å². The standard InChI is InChI=1S/C43H31Cl2F3N4O5/c44-26-13-11-24(12-14-26)42-32(39(55)52(41(42)57)50-37-33(45)18-25(20-49-37)43(46,47)48)19-31-28(35(42)30-15-10-23-8-4-5-9-27(23)36(30)53)16-17-29-34(31)40(56)51(38(29)54)21-22-6-2-1-3-7-22/h1-16,18,20,29,31-32,34-35,53H,17,19,21H2,(H,49,50)/t29-,31+,32-,34-,35+,42+/m0/s1. The van der Waals surface area contributed by atoms with Gasteiger partial charge in [0.2, 0.25) is 11.8 Å². The van der Waals surface area contributed by atoms with Gasteiger partial charge in [0.25, 0.3) is 11.8 Å². The average molecular weight is 812 g/mol. The molecule has 288 valence electrons. The van der Waals surface area contributed by atoms with Crippen LogP contribution in [0.5, 0.6) is 5.75 Å². The van der Waals surface area contributed by atoms with E-state index in [0.717, 1.165) is 10.6 Å². The van der Waals surface area contributed by atoms with Crippen molar-refractivity contribution in [3.05, 3.63) is 147 Å². The van der Waals surface area contributed by atoms with Crippen LogP contribution in [0, 0.1) is 23.7 Å². The summed E-state index contributed by atoms with van der Waals surface area (Å²) < 4.78 is 40.6. The minimum atomic E-state index is -4.76. The lowest BCUT2D eigenvalue weighted by Crippen LogP contribution is -2.53. The summed E-state index contributed by atoms with van der Waals surface area (Å²) in [5.74, 6) is -7.35. The maximum Gasteiger partial charge on any atom is 0.417 e. The van der Waals surface area contributed by atoms with Crippen LogP contribution in [-0.2, 0) is 37.3 Å². The number of pyridine rings is 1. The number of anilines is 1. The number of hydrogen-bond donors (Lipinski definition) is 2. The summed E-state index contributed by atoms with van der Waals surface area (Å²) in [6.07, 6.45) is -2.21. The summed E-state index contributed by atoms with van der Waals surface area (Å²) in [6, 6.07) is 26.9. The van der Waals surface area contributed by atoms with Crippen molar-refractivity contribution in [1.82, 2.24) is 14.9 Å². The number of fused-ring (bicyclic) bond motifs is 5. The Labute approximate surface area is 333 Å². The van der Waals surface area contributed by atoms with Gasteiger partial charge in [-0.2, -0.15) is 18.2 Å². The van der Waals surface area contributed by atoms with Crippen LogP contribution in [0.2, 0.25) is 10.0 Å². The zero-order valence-corrected chi connectivity index (χ0v) is 31.2. The van der Waals surface area contributed by atoms with Crippen LogP contribution in [0.15, 0.2) is 115 Å². The Morgan fingerprint density at radius 3 is 2.30 bits per heavy atom. The van der Waals surface area contributed by atoms with Crippen LogP contribution in [0.4, 0.5) is 19.0 Å². The predicted molar refractivity (Wildman–Crippen MR) is 204 cm³/mol. The fourth-order valence-corrected chi connectivity index (χ4v) is 9.95. The van der Waals surface area contributed by atoms with E-state index in [9.17, 15) is 32.7 Å². The zero-order chi connectivity index (χ0) is 40.0. The minimum Gasteiger partial charge on any atom is -0.507 e. The van der Waals surface area contributed by atoms with E-state index < -0.39 is 69.5 Å². The first-order valence-corrected chi connectivity index (χ1v) is 19.0. The van der Waals surface area contributed by atoms with Crippen molar-refractivity contribution >= 4 is 63.4 Å². The first kappa shape index (κ1) is 36.9. The number of carbonyl (C=O) groups is 4. The third kappa shape index (κ3) is 5.63. The first-order valence-electron chi connectivity index (χ1n) is 18.2. The van der Waals surface area contributed by atoms with E-state index in [1.807, 2.05) is 48.5 Å². The molecule has 2 saturated heterocycles. The summed E-state index contributed by atoms with van der Waals surface area (Å²) in [5.41, 5.74) is 1.79. The highest BCUT2D eigenvalue weighted by Crippen LogP contribution is 2.65. The molecular formula is C43H31Cl2F3N4O5. The van der Waals surface area contributed by atoms with Gasteiger partial charge in [0.05, 0.1) is 40.3 Å². The van der Waals surface area contributed by atoms with Crippen molar-refractivity contribution in [2.45, 2.75) is 36.9 Å². The molecule has 0 radical (unpaired) electrons. The van der Waals surface area contributed by atoms with E-state index in [1.165, 1.54) is 4.90 Å². The quantitative estimate of drug-likeness (QED) is 0.131. The fourth-order valence-electron chi connectivity index (χ4n) is 9.62. The fraction of sp³-hybridized carbons (Fsp3) is 0.233. The summed E-state index contributed by atoms with van der Waals surface area (Å²) in [5, 5.41) is 14.0. The summed E-state index contributed by atoms with van der Waals surface area (Å²) in [4.78, 5) is 64.0. The molecule has 5 aromatic rings. The number of hydrazine groups is 1. The van der Waals surface area contributed by atoms with Gasteiger partial charge < -0.3 is 5.11 Å². The Bertz CT molecular complexity index is 2550. The average Bonchev–Trinajstić information content (AvgIpc) is 3.56. The number of aromatic hydroxyl groups is 1. The van der Waals surface area contributed by atoms with Crippen molar-refractivity contribution in [2.75, 3.05) is 5.43 Å². The van der Waals surface area contributed by atoms with Crippen molar-refractivity contribution in [3.8, 4) is 5.75 Å². The van der Waals surface area contributed by atoms with Gasteiger partial charge in [-0.05, 0) is 53.5 Å². The molecule has 2 aliphatic carbocycles. The number of rotatable bonds is 6. The molecule has 1 aromatic heterocycles. The summed E-state index contributed by atoms with van der Waals surface area (Å²) in [7, 11) is 0. The lowest BCUT2D eigenvalue weighted by atomic mass is 9.49. The van der Waals surface area contributed by atoms with Gasteiger partial charge in [-0.1, -0.05) is 114 Å². The van der Waals surface area contributed by atoms with E-state index in [2.05, 4.69) is 10.4 Å². The Kier molecular flexibility index (Phi) is 8.71. The number of nitrogens with one attached hydrogen (secondary N) is 1. The Balaban J connectivity index is 1.24. The molecule has 57 heavy (non-hydrogen) atoms. The second kappa shape index (κ2) is 13.5. The van der Waals surface area contributed by atoms with Crippen LogP contribution < -0.4 is 5.43 Å². The SMILES string of the molecule is O=C1[C@H]2[C@H](CC=C3[C@H]2C[C@H]2C(=O)N(Nc4ncc(C(F)(F)F)cc4Cl)C(=O)[C@@]2(c2ccc(Cl)cc2)[C@H]3c2ccc3ccccc3c2O)C(=O)N1Cc1ccccc1. The largest absolute Gasteiger partial charge is 0.507 e. The Morgan fingerprint density at radius 1 is 0.860 bits per heavy atom. The normalized spacial score (nSPS) is 25.7. The molecule has 4 aliphatic rings. The second-order valence-corrected chi connectivity index (χ2v) is 15.7. The number of phenols is 1. The van der Waals surface area contributed by atoms with Crippen LogP contribution in [0.1, 0.15) is 41.0 Å². The van der Waals surface area contributed by atoms with Gasteiger partial charge in [-0.15, -0.1) is 0 Å². The molecular weight excluding hydrogens is 780 g/mol. The number of phenolic OH excluding ortho intramolecular Hbond substituents is 1. The van der Waals surface area contributed by atoms with Gasteiger partial charge in [0.1, 0.15) is 5.75 Å². The lowest BCUT2D eigenvalue weighted by molar-refractivity contribution is -0.142. The molecule has 6 atom stereocenters.